The smallest absolute Gasteiger partial charge is 0.195 e. The Kier molecular flexibility index (Phi) is 11.4. The topological polar surface area (TPSA) is 58.1 Å². The second-order valence-corrected chi connectivity index (χ2v) is 6.15. The highest BCUT2D eigenvalue weighted by atomic mass is 127. The molecule has 2 aromatic carbocycles. The van der Waals surface area contributed by atoms with Crippen molar-refractivity contribution in [3.8, 4) is 11.5 Å². The third-order valence-corrected chi connectivity index (χ3v) is 4.03. The highest BCUT2D eigenvalue weighted by Gasteiger charge is 2.07. The zero-order chi connectivity index (χ0) is 19.5. The SMILES string of the molecule is CCOc1ccc(NC(=NC)NCCN(C)Cc2ccccc2)cc1OC.I. The molecule has 0 fully saturated rings. The lowest BCUT2D eigenvalue weighted by atomic mass is 10.2. The summed E-state index contributed by atoms with van der Waals surface area (Å²) >= 11 is 0. The summed E-state index contributed by atoms with van der Waals surface area (Å²) in [6.45, 7) is 5.17. The molecule has 2 N–H and O–H groups in total. The number of guanidine groups is 1. The summed E-state index contributed by atoms with van der Waals surface area (Å²) in [7, 11) is 5.51. The lowest BCUT2D eigenvalue weighted by Crippen LogP contribution is -2.36. The molecule has 7 heteroatoms. The van der Waals surface area contributed by atoms with Crippen LogP contribution in [0.4, 0.5) is 5.69 Å². The van der Waals surface area contributed by atoms with E-state index in [1.54, 1.807) is 14.2 Å². The minimum absolute atomic E-state index is 0. The van der Waals surface area contributed by atoms with Gasteiger partial charge < -0.3 is 25.0 Å². The standard InChI is InChI=1S/C21H30N4O2.HI/c1-5-27-19-12-11-18(15-20(19)26-4)24-21(22-2)23-13-14-25(3)16-17-9-7-6-8-10-17;/h6-12,15H,5,13-14,16H2,1-4H3,(H2,22,23,24);1H. The second-order valence-electron chi connectivity index (χ2n) is 6.15. The van der Waals surface area contributed by atoms with Gasteiger partial charge in [-0.3, -0.25) is 4.99 Å². The van der Waals surface area contributed by atoms with Crippen LogP contribution in [0, 0.1) is 0 Å². The number of hydrogen-bond acceptors (Lipinski definition) is 4. The molecule has 0 spiro atoms. The molecule has 0 radical (unpaired) electrons. The number of hydrogen-bond donors (Lipinski definition) is 2. The summed E-state index contributed by atoms with van der Waals surface area (Å²) in [5.41, 5.74) is 2.20. The number of benzene rings is 2. The van der Waals surface area contributed by atoms with Crippen molar-refractivity contribution in [2.24, 2.45) is 4.99 Å². The third-order valence-electron chi connectivity index (χ3n) is 4.03. The molecule has 154 valence electrons. The van der Waals surface area contributed by atoms with E-state index in [1.807, 2.05) is 31.2 Å². The van der Waals surface area contributed by atoms with Crippen molar-refractivity contribution >= 4 is 35.6 Å². The van der Waals surface area contributed by atoms with Gasteiger partial charge in [-0.1, -0.05) is 30.3 Å². The largest absolute Gasteiger partial charge is 0.493 e. The predicted octanol–water partition coefficient (Wildman–Crippen LogP) is 3.83. The maximum absolute atomic E-state index is 5.55. The average molecular weight is 498 g/mol. The first-order valence-electron chi connectivity index (χ1n) is 9.17. The van der Waals surface area contributed by atoms with Crippen LogP contribution in [-0.2, 0) is 6.54 Å². The van der Waals surface area contributed by atoms with E-state index < -0.39 is 0 Å². The maximum atomic E-state index is 5.55. The molecule has 0 unspecified atom stereocenters. The molecular weight excluding hydrogens is 467 g/mol. The molecule has 0 aliphatic heterocycles. The monoisotopic (exact) mass is 498 g/mol. The van der Waals surface area contributed by atoms with Crippen LogP contribution in [0.1, 0.15) is 12.5 Å². The molecule has 0 aliphatic carbocycles. The first-order valence-corrected chi connectivity index (χ1v) is 9.17. The fourth-order valence-corrected chi connectivity index (χ4v) is 2.68. The van der Waals surface area contributed by atoms with Crippen molar-refractivity contribution in [2.75, 3.05) is 46.2 Å². The van der Waals surface area contributed by atoms with Crippen LogP contribution in [0.5, 0.6) is 11.5 Å². The van der Waals surface area contributed by atoms with Gasteiger partial charge in [0.2, 0.25) is 0 Å². The lowest BCUT2D eigenvalue weighted by molar-refractivity contribution is 0.311. The van der Waals surface area contributed by atoms with Gasteiger partial charge in [0.15, 0.2) is 17.5 Å². The van der Waals surface area contributed by atoms with E-state index in [0.29, 0.717) is 18.3 Å². The van der Waals surface area contributed by atoms with Crippen LogP contribution in [0.15, 0.2) is 53.5 Å². The van der Waals surface area contributed by atoms with Gasteiger partial charge in [0.1, 0.15) is 0 Å². The number of rotatable bonds is 9. The normalized spacial score (nSPS) is 11.0. The van der Waals surface area contributed by atoms with E-state index >= 15 is 0 Å². The Morgan fingerprint density at radius 2 is 1.86 bits per heavy atom. The summed E-state index contributed by atoms with van der Waals surface area (Å²) in [4.78, 5) is 6.56. The molecule has 0 saturated carbocycles. The molecule has 0 aromatic heterocycles. The molecule has 0 bridgehead atoms. The van der Waals surface area contributed by atoms with Crippen LogP contribution in [-0.4, -0.2) is 51.8 Å². The van der Waals surface area contributed by atoms with E-state index in [4.69, 9.17) is 9.47 Å². The fraction of sp³-hybridized carbons (Fsp3) is 0.381. The van der Waals surface area contributed by atoms with Crippen molar-refractivity contribution < 1.29 is 9.47 Å². The summed E-state index contributed by atoms with van der Waals surface area (Å²) in [6.07, 6.45) is 0. The van der Waals surface area contributed by atoms with E-state index in [2.05, 4.69) is 51.8 Å². The van der Waals surface area contributed by atoms with Crippen LogP contribution in [0.2, 0.25) is 0 Å². The second kappa shape index (κ2) is 13.2. The lowest BCUT2D eigenvalue weighted by Gasteiger charge is -2.19. The van der Waals surface area contributed by atoms with Crippen molar-refractivity contribution in [1.82, 2.24) is 10.2 Å². The molecule has 0 aliphatic rings. The number of nitrogens with one attached hydrogen (secondary N) is 2. The van der Waals surface area contributed by atoms with Crippen molar-refractivity contribution in [3.63, 3.8) is 0 Å². The van der Waals surface area contributed by atoms with Crippen molar-refractivity contribution in [3.05, 3.63) is 54.1 Å². The summed E-state index contributed by atoms with van der Waals surface area (Å²) < 4.78 is 10.9. The minimum atomic E-state index is 0. The van der Waals surface area contributed by atoms with Gasteiger partial charge in [-0.2, -0.15) is 0 Å². The van der Waals surface area contributed by atoms with E-state index in [9.17, 15) is 0 Å². The van der Waals surface area contributed by atoms with Gasteiger partial charge in [-0.25, -0.2) is 0 Å². The Morgan fingerprint density at radius 3 is 2.50 bits per heavy atom. The quantitative estimate of drug-likeness (QED) is 0.313. The maximum Gasteiger partial charge on any atom is 0.195 e. The molecule has 2 rings (SSSR count). The summed E-state index contributed by atoms with van der Waals surface area (Å²) in [5, 5.41) is 6.62. The number of likely N-dealkylation sites (N-methyl/N-ethyl adjacent to an activating group) is 1. The van der Waals surface area contributed by atoms with Crippen LogP contribution < -0.4 is 20.1 Å². The zero-order valence-electron chi connectivity index (χ0n) is 17.1. The van der Waals surface area contributed by atoms with E-state index in [1.165, 1.54) is 5.56 Å². The number of ether oxygens (including phenoxy) is 2. The fourth-order valence-electron chi connectivity index (χ4n) is 2.68. The average Bonchev–Trinajstić information content (AvgIpc) is 2.69. The number of anilines is 1. The Labute approximate surface area is 185 Å². The van der Waals surface area contributed by atoms with Gasteiger partial charge >= 0.3 is 0 Å². The summed E-state index contributed by atoms with van der Waals surface area (Å²) in [6, 6.07) is 16.2. The Morgan fingerprint density at radius 1 is 1.11 bits per heavy atom. The highest BCUT2D eigenvalue weighted by Crippen LogP contribution is 2.30. The van der Waals surface area contributed by atoms with Crippen LogP contribution in [0.3, 0.4) is 0 Å². The highest BCUT2D eigenvalue weighted by molar-refractivity contribution is 14.0. The molecule has 28 heavy (non-hydrogen) atoms. The molecule has 0 saturated heterocycles. The minimum Gasteiger partial charge on any atom is -0.493 e. The zero-order valence-corrected chi connectivity index (χ0v) is 19.4. The number of halogens is 1. The van der Waals surface area contributed by atoms with Crippen LogP contribution >= 0.6 is 24.0 Å². The predicted molar refractivity (Wildman–Crippen MR) is 127 cm³/mol. The van der Waals surface area contributed by atoms with Crippen molar-refractivity contribution in [1.29, 1.82) is 0 Å². The van der Waals surface area contributed by atoms with E-state index in [-0.39, 0.29) is 24.0 Å². The molecular formula is C21H31IN4O2. The summed E-state index contributed by atoms with van der Waals surface area (Å²) in [5.74, 6) is 2.14. The number of aliphatic imine (C=N–C) groups is 1. The Balaban J connectivity index is 0.00000392. The number of nitrogens with zero attached hydrogens (tertiary/aromatic N) is 2. The first-order chi connectivity index (χ1) is 13.2. The van der Waals surface area contributed by atoms with E-state index in [0.717, 1.165) is 31.1 Å². The Hall–Kier alpha value is -2.00. The van der Waals surface area contributed by atoms with Gasteiger partial charge in [-0.15, -0.1) is 24.0 Å². The molecule has 2 aromatic rings. The van der Waals surface area contributed by atoms with Gasteiger partial charge in [-0.05, 0) is 31.7 Å². The Bertz CT molecular complexity index is 726. The van der Waals surface area contributed by atoms with Crippen LogP contribution in [0.25, 0.3) is 0 Å². The number of methoxy groups -OCH3 is 1. The van der Waals surface area contributed by atoms with Gasteiger partial charge in [0.05, 0.1) is 13.7 Å². The van der Waals surface area contributed by atoms with Gasteiger partial charge in [0.25, 0.3) is 0 Å². The first kappa shape index (κ1) is 24.0. The third kappa shape index (κ3) is 7.93. The van der Waals surface area contributed by atoms with Crippen molar-refractivity contribution in [2.45, 2.75) is 13.5 Å². The molecule has 0 amide bonds. The molecule has 6 nitrogen and oxygen atoms in total. The van der Waals surface area contributed by atoms with Gasteiger partial charge in [0, 0.05) is 38.4 Å². The molecule has 0 heterocycles. The molecule has 0 atom stereocenters.